The van der Waals surface area contributed by atoms with Crippen LogP contribution in [0.15, 0.2) is 49.1 Å². The summed E-state index contributed by atoms with van der Waals surface area (Å²) in [6.07, 6.45) is 10.8. The third-order valence-corrected chi connectivity index (χ3v) is 12.8. The number of hydrogen-bond acceptors (Lipinski definition) is 18. The molecule has 24 nitrogen and oxygen atoms in total. The number of aromatic nitrogens is 4. The number of nitrogen functional groups attached to an aromatic ring is 1. The number of anilines is 1. The lowest BCUT2D eigenvalue weighted by Crippen LogP contribution is -2.46. The number of nitrogens with one attached hydrogen (secondary N) is 2. The van der Waals surface area contributed by atoms with Crippen molar-refractivity contribution in [3.63, 3.8) is 0 Å². The molecule has 1 aliphatic rings. The number of imidazole rings is 1. The van der Waals surface area contributed by atoms with Crippen molar-refractivity contribution in [1.82, 2.24) is 30.2 Å². The molecule has 10 N–H and O–H groups in total. The SMILES string of the molecule is CCCCC/C=C/C/C=C/C/C=C/C(=O)SCCNC(=O)CCNC(=O)C(O)C(C)(C)COP(=O)(O)OP(=O)(O)OCC1OC(n2cnc3c(N)ncnc32)C(O)C1OP(=O)(O)O. The molecule has 7 atom stereocenters. The molecule has 7 unspecified atom stereocenters. The molecular formula is C35H56N7O17P3S. The average Bonchev–Trinajstić information content (AvgIpc) is 3.76. The van der Waals surface area contributed by atoms with Crippen LogP contribution in [0.4, 0.5) is 5.82 Å². The van der Waals surface area contributed by atoms with Gasteiger partial charge in [0.15, 0.2) is 17.7 Å². The molecule has 0 aromatic carbocycles. The van der Waals surface area contributed by atoms with E-state index in [-0.39, 0.29) is 41.6 Å². The molecule has 2 aromatic heterocycles. The van der Waals surface area contributed by atoms with Gasteiger partial charge in [0.2, 0.25) is 16.9 Å². The number of aliphatic hydroxyl groups is 2. The topological polar surface area (TPSA) is 364 Å². The number of phosphoric ester groups is 3. The van der Waals surface area contributed by atoms with E-state index in [0.29, 0.717) is 12.2 Å². The van der Waals surface area contributed by atoms with E-state index in [0.717, 1.165) is 41.8 Å². The van der Waals surface area contributed by atoms with Gasteiger partial charge < -0.3 is 50.9 Å². The summed E-state index contributed by atoms with van der Waals surface area (Å²) in [5.74, 6) is -1.15. The number of carbonyl (C=O) groups is 3. The van der Waals surface area contributed by atoms with Gasteiger partial charge in [-0.1, -0.05) is 75.8 Å². The number of nitrogens with zero attached hydrogens (tertiary/aromatic N) is 4. The average molecular weight is 972 g/mol. The molecule has 354 valence electrons. The fourth-order valence-electron chi connectivity index (χ4n) is 5.57. The molecule has 3 heterocycles. The molecule has 63 heavy (non-hydrogen) atoms. The number of nitrogens with two attached hydrogens (primary N) is 1. The second-order valence-electron chi connectivity index (χ2n) is 14.5. The number of aliphatic hydroxyl groups excluding tert-OH is 2. The first kappa shape index (κ1) is 54.1. The van der Waals surface area contributed by atoms with Crippen LogP contribution in [0, 0.1) is 5.41 Å². The van der Waals surface area contributed by atoms with Crippen molar-refractivity contribution in [3.05, 3.63) is 49.1 Å². The number of phosphoric acid groups is 3. The third kappa shape index (κ3) is 19.0. The molecule has 0 radical (unpaired) electrons. The number of ether oxygens (including phenoxy) is 1. The van der Waals surface area contributed by atoms with Gasteiger partial charge in [-0.2, -0.15) is 4.31 Å². The summed E-state index contributed by atoms with van der Waals surface area (Å²) >= 11 is 1.03. The third-order valence-electron chi connectivity index (χ3n) is 8.85. The lowest BCUT2D eigenvalue weighted by atomic mass is 9.87. The molecule has 2 amide bonds. The highest BCUT2D eigenvalue weighted by atomic mass is 32.2. The first-order chi connectivity index (χ1) is 29.6. The predicted octanol–water partition coefficient (Wildman–Crippen LogP) is 2.69. The Bertz CT molecular complexity index is 2070. The number of fused-ring (bicyclic) bond motifs is 1. The lowest BCUT2D eigenvalue weighted by molar-refractivity contribution is -0.137. The Balaban J connectivity index is 1.38. The lowest BCUT2D eigenvalue weighted by Gasteiger charge is -2.30. The van der Waals surface area contributed by atoms with Crippen molar-refractivity contribution >= 4 is 69.1 Å². The summed E-state index contributed by atoms with van der Waals surface area (Å²) in [4.78, 5) is 88.0. The van der Waals surface area contributed by atoms with Gasteiger partial charge >= 0.3 is 23.5 Å². The van der Waals surface area contributed by atoms with E-state index in [1.807, 2.05) is 12.2 Å². The highest BCUT2D eigenvalue weighted by Gasteiger charge is 2.50. The summed E-state index contributed by atoms with van der Waals surface area (Å²) in [6.45, 7) is 2.63. The zero-order chi connectivity index (χ0) is 46.8. The highest BCUT2D eigenvalue weighted by Crippen LogP contribution is 2.61. The molecule has 0 bridgehead atoms. The van der Waals surface area contributed by atoms with Gasteiger partial charge in [-0.05, 0) is 31.8 Å². The van der Waals surface area contributed by atoms with Crippen molar-refractivity contribution in [3.8, 4) is 0 Å². The number of rotatable bonds is 28. The van der Waals surface area contributed by atoms with Crippen LogP contribution >= 0.6 is 35.2 Å². The van der Waals surface area contributed by atoms with Gasteiger partial charge in [-0.3, -0.25) is 32.5 Å². The first-order valence-electron chi connectivity index (χ1n) is 19.6. The Morgan fingerprint density at radius 1 is 0.984 bits per heavy atom. The van der Waals surface area contributed by atoms with E-state index in [2.05, 4.69) is 53.5 Å². The van der Waals surface area contributed by atoms with E-state index in [9.17, 15) is 57.9 Å². The fraction of sp³-hybridized carbons (Fsp3) is 0.600. The summed E-state index contributed by atoms with van der Waals surface area (Å²) in [6, 6.07) is 0. The quantitative estimate of drug-likeness (QED) is 0.0256. The van der Waals surface area contributed by atoms with Gasteiger partial charge in [0, 0.05) is 30.7 Å². The Labute approximate surface area is 367 Å². The highest BCUT2D eigenvalue weighted by molar-refractivity contribution is 8.14. The van der Waals surface area contributed by atoms with E-state index in [1.54, 1.807) is 6.08 Å². The van der Waals surface area contributed by atoms with E-state index < -0.39 is 84.6 Å². The minimum atomic E-state index is -5.58. The van der Waals surface area contributed by atoms with E-state index in [4.69, 9.17) is 19.5 Å². The minimum absolute atomic E-state index is 0.0297. The number of hydrogen-bond donors (Lipinski definition) is 9. The Morgan fingerprint density at radius 2 is 1.67 bits per heavy atom. The number of amides is 2. The minimum Gasteiger partial charge on any atom is -0.386 e. The maximum Gasteiger partial charge on any atom is 0.481 e. The summed E-state index contributed by atoms with van der Waals surface area (Å²) < 4.78 is 62.3. The van der Waals surface area contributed by atoms with Crippen LogP contribution in [-0.2, 0) is 50.7 Å². The second-order valence-corrected chi connectivity index (χ2v) is 19.9. The van der Waals surface area contributed by atoms with Crippen LogP contribution in [0.25, 0.3) is 11.2 Å². The monoisotopic (exact) mass is 971 g/mol. The van der Waals surface area contributed by atoms with Gasteiger partial charge in [0.25, 0.3) is 0 Å². The van der Waals surface area contributed by atoms with Crippen molar-refractivity contribution in [2.75, 3.05) is 37.8 Å². The van der Waals surface area contributed by atoms with Crippen molar-refractivity contribution in [2.45, 2.75) is 96.4 Å². The van der Waals surface area contributed by atoms with Gasteiger partial charge in [-0.25, -0.2) is 28.6 Å². The largest absolute Gasteiger partial charge is 0.481 e. The molecule has 0 spiro atoms. The van der Waals surface area contributed by atoms with Gasteiger partial charge in [-0.15, -0.1) is 0 Å². The molecule has 1 saturated heterocycles. The van der Waals surface area contributed by atoms with Crippen LogP contribution in [0.2, 0.25) is 0 Å². The standard InChI is InChI=1S/C35H56N7O17P3S/c1-4-5-6-7-8-9-10-11-12-13-14-15-26(44)63-19-18-37-25(43)16-17-38-33(47)30(46)35(2,3)21-56-62(53,54)59-61(51,52)55-20-24-29(58-60(48,49)50)28(45)34(57-24)42-23-41-27-31(36)39-22-40-32(27)42/h8-9,11-12,14-15,22-24,28-30,34,45-46H,4-7,10,13,16-21H2,1-3H3,(H,37,43)(H,38,47)(H,51,52)(H,53,54)(H2,36,39,40)(H2,48,49,50)/b9-8+,12-11+,15-14+. The number of unbranched alkanes of at least 4 members (excludes halogenated alkanes) is 3. The van der Waals surface area contributed by atoms with Crippen molar-refractivity contribution in [2.24, 2.45) is 5.41 Å². The molecule has 2 aromatic rings. The molecule has 0 saturated carbocycles. The van der Waals surface area contributed by atoms with Crippen LogP contribution < -0.4 is 16.4 Å². The van der Waals surface area contributed by atoms with Crippen LogP contribution in [-0.4, -0.2) is 123 Å². The van der Waals surface area contributed by atoms with Crippen molar-refractivity contribution in [1.29, 1.82) is 0 Å². The second kappa shape index (κ2) is 25.5. The number of carbonyl (C=O) groups excluding carboxylic acids is 3. The molecule has 0 aliphatic carbocycles. The van der Waals surface area contributed by atoms with Crippen LogP contribution in [0.1, 0.15) is 71.9 Å². The number of allylic oxidation sites excluding steroid dienone is 5. The Hall–Kier alpha value is -3.22. The summed E-state index contributed by atoms with van der Waals surface area (Å²) in [5.41, 5.74) is 4.26. The molecule has 1 aliphatic heterocycles. The maximum absolute atomic E-state index is 12.7. The normalized spacial score (nSPS) is 21.0. The van der Waals surface area contributed by atoms with Crippen LogP contribution in [0.3, 0.4) is 0 Å². The molecule has 3 rings (SSSR count). The molecule has 28 heteroatoms. The predicted molar refractivity (Wildman–Crippen MR) is 228 cm³/mol. The van der Waals surface area contributed by atoms with Gasteiger partial charge in [0.05, 0.1) is 19.5 Å². The zero-order valence-corrected chi connectivity index (χ0v) is 38.3. The Kier molecular flexibility index (Phi) is 21.9. The molecular weight excluding hydrogens is 915 g/mol. The fourth-order valence-corrected chi connectivity index (χ4v) is 9.00. The molecule has 1 fully saturated rings. The first-order valence-corrected chi connectivity index (χ1v) is 25.1. The van der Waals surface area contributed by atoms with E-state index in [1.165, 1.54) is 39.2 Å². The summed E-state index contributed by atoms with van der Waals surface area (Å²) in [5, 5.41) is 26.3. The zero-order valence-electron chi connectivity index (χ0n) is 34.8. The van der Waals surface area contributed by atoms with Crippen LogP contribution in [0.5, 0.6) is 0 Å². The smallest absolute Gasteiger partial charge is 0.386 e. The Morgan fingerprint density at radius 3 is 2.37 bits per heavy atom. The number of thioether (sulfide) groups is 1. The van der Waals surface area contributed by atoms with Gasteiger partial charge in [0.1, 0.15) is 36.3 Å². The summed E-state index contributed by atoms with van der Waals surface area (Å²) in [7, 11) is -16.4. The maximum atomic E-state index is 12.7. The van der Waals surface area contributed by atoms with Crippen molar-refractivity contribution < 1.29 is 80.5 Å². The van der Waals surface area contributed by atoms with E-state index >= 15 is 0 Å².